The molecule has 154 valence electrons. The first kappa shape index (κ1) is 19.7. The van der Waals surface area contributed by atoms with E-state index in [0.717, 1.165) is 0 Å². The Kier molecular flexibility index (Phi) is 5.10. The average Bonchev–Trinajstić information content (AvgIpc) is 3.12. The second-order valence-electron chi connectivity index (χ2n) is 6.68. The number of imide groups is 1. The Balaban J connectivity index is 1.54. The van der Waals surface area contributed by atoms with Crippen molar-refractivity contribution in [1.29, 1.82) is 0 Å². The normalized spacial score (nSPS) is 10.6. The molecule has 4 aromatic rings. The van der Waals surface area contributed by atoms with Gasteiger partial charge in [-0.25, -0.2) is 14.8 Å². The zero-order chi connectivity index (χ0) is 22.0. The van der Waals surface area contributed by atoms with Crippen LogP contribution in [0.5, 0.6) is 0 Å². The number of hydrogen-bond donors (Lipinski definition) is 3. The fourth-order valence-corrected chi connectivity index (χ4v) is 3.12. The van der Waals surface area contributed by atoms with Crippen LogP contribution in [0.4, 0.5) is 16.3 Å². The molecule has 10 nitrogen and oxygen atoms in total. The Bertz CT molecular complexity index is 1320. The first-order valence-electron chi connectivity index (χ1n) is 9.16. The van der Waals surface area contributed by atoms with E-state index in [-0.39, 0.29) is 22.9 Å². The minimum absolute atomic E-state index is 0.190. The van der Waals surface area contributed by atoms with E-state index in [1.54, 1.807) is 48.1 Å². The number of aromatic nitrogens is 4. The van der Waals surface area contributed by atoms with Gasteiger partial charge in [0.05, 0.1) is 22.8 Å². The number of aryl methyl sites for hydroxylation is 1. The van der Waals surface area contributed by atoms with Gasteiger partial charge in [-0.3, -0.25) is 19.9 Å². The van der Waals surface area contributed by atoms with Crippen molar-refractivity contribution in [3.05, 3.63) is 78.0 Å². The predicted octanol–water partition coefficient (Wildman–Crippen LogP) is 2.14. The summed E-state index contributed by atoms with van der Waals surface area (Å²) in [7, 11) is 1.75. The molecule has 4 N–H and O–H groups in total. The standard InChI is InChI=1S/C21H17N7O3/c1-28-10-15(16-18(22)24-11-25-19(16)28)17(29)13-7-14(9-23-8-13)26-21(31)27-20(30)12-5-3-2-4-6-12/h2-11H,1H3,(H2,22,24,25)(H2,26,27,30,31). The summed E-state index contributed by atoms with van der Waals surface area (Å²) in [5.41, 5.74) is 7.60. The number of anilines is 2. The number of nitrogens with zero attached hydrogens (tertiary/aromatic N) is 4. The molecule has 0 aliphatic carbocycles. The van der Waals surface area contributed by atoms with Crippen LogP contribution in [-0.2, 0) is 7.05 Å². The molecular weight excluding hydrogens is 398 g/mol. The van der Waals surface area contributed by atoms with Crippen LogP contribution in [0.1, 0.15) is 26.3 Å². The van der Waals surface area contributed by atoms with Crippen LogP contribution >= 0.6 is 0 Å². The molecule has 3 aromatic heterocycles. The highest BCUT2D eigenvalue weighted by Gasteiger charge is 2.20. The lowest BCUT2D eigenvalue weighted by atomic mass is 10.1. The lowest BCUT2D eigenvalue weighted by Crippen LogP contribution is -2.34. The van der Waals surface area contributed by atoms with Gasteiger partial charge >= 0.3 is 6.03 Å². The smallest absolute Gasteiger partial charge is 0.326 e. The van der Waals surface area contributed by atoms with Crippen molar-refractivity contribution in [2.24, 2.45) is 7.05 Å². The number of rotatable bonds is 4. The summed E-state index contributed by atoms with van der Waals surface area (Å²) in [6.45, 7) is 0. The molecule has 0 bridgehead atoms. The van der Waals surface area contributed by atoms with E-state index in [1.165, 1.54) is 24.8 Å². The van der Waals surface area contributed by atoms with Gasteiger partial charge in [0, 0.05) is 30.6 Å². The van der Waals surface area contributed by atoms with Crippen molar-refractivity contribution in [1.82, 2.24) is 24.8 Å². The number of fused-ring (bicyclic) bond motifs is 1. The highest BCUT2D eigenvalue weighted by Crippen LogP contribution is 2.25. The Hall–Kier alpha value is -4.60. The van der Waals surface area contributed by atoms with Crippen LogP contribution in [0.2, 0.25) is 0 Å². The van der Waals surface area contributed by atoms with Crippen LogP contribution in [0.25, 0.3) is 11.0 Å². The summed E-state index contributed by atoms with van der Waals surface area (Å²) >= 11 is 0. The topological polar surface area (TPSA) is 145 Å². The minimum atomic E-state index is -0.747. The van der Waals surface area contributed by atoms with Crippen LogP contribution in [0.3, 0.4) is 0 Å². The fraction of sp³-hybridized carbons (Fsp3) is 0.0476. The summed E-state index contributed by atoms with van der Waals surface area (Å²) in [6.07, 6.45) is 5.68. The number of ketones is 1. The monoisotopic (exact) mass is 415 g/mol. The fourth-order valence-electron chi connectivity index (χ4n) is 3.12. The van der Waals surface area contributed by atoms with E-state index in [4.69, 9.17) is 5.73 Å². The van der Waals surface area contributed by atoms with Crippen molar-refractivity contribution in [2.75, 3.05) is 11.1 Å². The molecule has 3 heterocycles. The molecule has 0 fully saturated rings. The lowest BCUT2D eigenvalue weighted by Gasteiger charge is -2.08. The number of hydrogen-bond acceptors (Lipinski definition) is 7. The van der Waals surface area contributed by atoms with E-state index in [9.17, 15) is 14.4 Å². The van der Waals surface area contributed by atoms with Gasteiger partial charge < -0.3 is 15.6 Å². The molecule has 0 spiro atoms. The van der Waals surface area contributed by atoms with Crippen LogP contribution in [0, 0.1) is 0 Å². The van der Waals surface area contributed by atoms with E-state index in [2.05, 4.69) is 25.6 Å². The Morgan fingerprint density at radius 3 is 2.58 bits per heavy atom. The van der Waals surface area contributed by atoms with Crippen molar-refractivity contribution >= 4 is 40.3 Å². The van der Waals surface area contributed by atoms with Crippen molar-refractivity contribution in [3.63, 3.8) is 0 Å². The third kappa shape index (κ3) is 3.94. The molecule has 0 saturated heterocycles. The Morgan fingerprint density at radius 1 is 1.03 bits per heavy atom. The maximum Gasteiger partial charge on any atom is 0.326 e. The third-order valence-electron chi connectivity index (χ3n) is 4.55. The van der Waals surface area contributed by atoms with E-state index >= 15 is 0 Å². The molecule has 0 saturated carbocycles. The molecule has 3 amide bonds. The first-order chi connectivity index (χ1) is 14.9. The highest BCUT2D eigenvalue weighted by atomic mass is 16.2. The number of amides is 3. The van der Waals surface area contributed by atoms with Crippen molar-refractivity contribution < 1.29 is 14.4 Å². The van der Waals surface area contributed by atoms with Gasteiger partial charge in [0.25, 0.3) is 5.91 Å². The lowest BCUT2D eigenvalue weighted by molar-refractivity contribution is 0.0966. The number of nitrogen functional groups attached to an aromatic ring is 1. The average molecular weight is 415 g/mol. The second-order valence-corrected chi connectivity index (χ2v) is 6.68. The molecule has 4 rings (SSSR count). The molecule has 10 heteroatoms. The van der Waals surface area contributed by atoms with Gasteiger partial charge in [-0.15, -0.1) is 0 Å². The molecule has 1 aromatic carbocycles. The molecule has 0 atom stereocenters. The van der Waals surface area contributed by atoms with Crippen molar-refractivity contribution in [3.8, 4) is 0 Å². The van der Waals surface area contributed by atoms with Gasteiger partial charge in [-0.1, -0.05) is 18.2 Å². The van der Waals surface area contributed by atoms with Crippen LogP contribution in [0.15, 0.2) is 61.3 Å². The molecule has 0 radical (unpaired) electrons. The molecule has 0 aliphatic rings. The maximum atomic E-state index is 13.1. The van der Waals surface area contributed by atoms with Crippen LogP contribution in [-0.4, -0.2) is 37.2 Å². The summed E-state index contributed by atoms with van der Waals surface area (Å²) in [6, 6.07) is 9.03. The summed E-state index contributed by atoms with van der Waals surface area (Å²) in [5.74, 6) is -0.719. The first-order valence-corrected chi connectivity index (χ1v) is 9.16. The predicted molar refractivity (Wildman–Crippen MR) is 114 cm³/mol. The quantitative estimate of drug-likeness (QED) is 0.433. The van der Waals surface area contributed by atoms with E-state index in [0.29, 0.717) is 22.2 Å². The number of pyridine rings is 1. The number of carbonyl (C=O) groups is 3. The summed E-state index contributed by atoms with van der Waals surface area (Å²) in [5, 5.41) is 5.17. The number of nitrogens with two attached hydrogens (primary N) is 1. The van der Waals surface area contributed by atoms with E-state index < -0.39 is 11.9 Å². The Morgan fingerprint density at radius 2 is 1.81 bits per heavy atom. The van der Waals surface area contributed by atoms with Gasteiger partial charge in [-0.2, -0.15) is 0 Å². The van der Waals surface area contributed by atoms with Gasteiger partial charge in [0.2, 0.25) is 0 Å². The SMILES string of the molecule is Cn1cc(C(=O)c2cncc(NC(=O)NC(=O)c3ccccc3)c2)c2c(N)ncnc21. The largest absolute Gasteiger partial charge is 0.383 e. The van der Waals surface area contributed by atoms with Gasteiger partial charge in [-0.05, 0) is 18.2 Å². The molecule has 0 unspecified atom stereocenters. The van der Waals surface area contributed by atoms with Gasteiger partial charge in [0.15, 0.2) is 5.78 Å². The van der Waals surface area contributed by atoms with Gasteiger partial charge in [0.1, 0.15) is 17.8 Å². The van der Waals surface area contributed by atoms with Crippen LogP contribution < -0.4 is 16.4 Å². The Labute approximate surface area is 176 Å². The number of benzene rings is 1. The molecular formula is C21H17N7O3. The van der Waals surface area contributed by atoms with E-state index in [1.807, 2.05) is 0 Å². The van der Waals surface area contributed by atoms with Crippen molar-refractivity contribution in [2.45, 2.75) is 0 Å². The minimum Gasteiger partial charge on any atom is -0.383 e. The number of urea groups is 1. The zero-order valence-electron chi connectivity index (χ0n) is 16.4. The summed E-state index contributed by atoms with van der Waals surface area (Å²) < 4.78 is 1.68. The third-order valence-corrected chi connectivity index (χ3v) is 4.55. The second kappa shape index (κ2) is 8.03. The maximum absolute atomic E-state index is 13.1. The highest BCUT2D eigenvalue weighted by molar-refractivity contribution is 6.18. The summed E-state index contributed by atoms with van der Waals surface area (Å²) in [4.78, 5) is 49.5. The number of nitrogens with one attached hydrogen (secondary N) is 2. The number of carbonyl (C=O) groups excluding carboxylic acids is 3. The molecule has 31 heavy (non-hydrogen) atoms. The zero-order valence-corrected chi connectivity index (χ0v) is 16.4. The molecule has 0 aliphatic heterocycles.